The molecule has 1 atom stereocenters. The summed E-state index contributed by atoms with van der Waals surface area (Å²) in [7, 11) is 0. The molecule has 1 amide bonds. The first-order valence-corrected chi connectivity index (χ1v) is 13.4. The van der Waals surface area contributed by atoms with Gasteiger partial charge in [-0.25, -0.2) is 0 Å². The van der Waals surface area contributed by atoms with Gasteiger partial charge in [-0.1, -0.05) is 70.5 Å². The van der Waals surface area contributed by atoms with E-state index in [4.69, 9.17) is 9.47 Å². The largest absolute Gasteiger partial charge is 0.507 e. The summed E-state index contributed by atoms with van der Waals surface area (Å²) in [6.07, 6.45) is 0. The Labute approximate surface area is 230 Å². The van der Waals surface area contributed by atoms with Crippen LogP contribution in [0.4, 0.5) is 0 Å². The number of ether oxygens (including phenoxy) is 2. The standard InChI is InChI=1S/C30H29BrN2O5/c31-24-10-6-23(7-11-24)28(34)26-27(33(30(36)29(26)35)15-14-32-16-18-37-19-17-32)22-8-12-25(13-9-22)38-20-21-4-2-1-3-5-21/h1-13,27,34H,14-20H2. The highest BCUT2D eigenvalue weighted by Crippen LogP contribution is 2.40. The molecule has 0 radical (unpaired) electrons. The van der Waals surface area contributed by atoms with Crippen molar-refractivity contribution < 1.29 is 24.2 Å². The molecule has 5 rings (SSSR count). The molecule has 38 heavy (non-hydrogen) atoms. The molecule has 0 bridgehead atoms. The summed E-state index contributed by atoms with van der Waals surface area (Å²) in [5.74, 6) is -0.789. The summed E-state index contributed by atoms with van der Waals surface area (Å²) in [4.78, 5) is 30.3. The molecule has 7 nitrogen and oxygen atoms in total. The van der Waals surface area contributed by atoms with Gasteiger partial charge in [-0.2, -0.15) is 0 Å². The number of nitrogens with zero attached hydrogens (tertiary/aromatic N) is 2. The van der Waals surface area contributed by atoms with Crippen LogP contribution in [0.2, 0.25) is 0 Å². The van der Waals surface area contributed by atoms with Crippen LogP contribution in [0.3, 0.4) is 0 Å². The Kier molecular flexibility index (Phi) is 8.22. The van der Waals surface area contributed by atoms with E-state index in [0.29, 0.717) is 44.2 Å². The van der Waals surface area contributed by atoms with Gasteiger partial charge in [0.15, 0.2) is 0 Å². The average Bonchev–Trinajstić information content (AvgIpc) is 3.21. The zero-order valence-corrected chi connectivity index (χ0v) is 22.5. The number of hydrogen-bond donors (Lipinski definition) is 1. The first kappa shape index (κ1) is 26.2. The molecule has 0 spiro atoms. The maximum atomic E-state index is 13.3. The fraction of sp³-hybridized carbons (Fsp3) is 0.267. The van der Waals surface area contributed by atoms with Gasteiger partial charge in [0.05, 0.1) is 24.8 Å². The maximum absolute atomic E-state index is 13.3. The number of rotatable bonds is 8. The van der Waals surface area contributed by atoms with Crippen molar-refractivity contribution in [2.24, 2.45) is 0 Å². The van der Waals surface area contributed by atoms with E-state index in [-0.39, 0.29) is 11.3 Å². The predicted molar refractivity (Wildman–Crippen MR) is 148 cm³/mol. The van der Waals surface area contributed by atoms with Crippen LogP contribution in [-0.4, -0.2) is 66.0 Å². The van der Waals surface area contributed by atoms with Crippen molar-refractivity contribution in [1.82, 2.24) is 9.80 Å². The molecule has 1 N–H and O–H groups in total. The average molecular weight is 577 g/mol. The fourth-order valence-electron chi connectivity index (χ4n) is 4.78. The highest BCUT2D eigenvalue weighted by Gasteiger charge is 2.46. The molecular weight excluding hydrogens is 548 g/mol. The number of aliphatic hydroxyl groups excluding tert-OH is 1. The number of carbonyl (C=O) groups excluding carboxylic acids is 2. The van der Waals surface area contributed by atoms with Crippen LogP contribution in [0.15, 0.2) is 88.9 Å². The van der Waals surface area contributed by atoms with Crippen LogP contribution in [0, 0.1) is 0 Å². The summed E-state index contributed by atoms with van der Waals surface area (Å²) in [6.45, 7) is 4.26. The van der Waals surface area contributed by atoms with Crippen molar-refractivity contribution in [3.63, 3.8) is 0 Å². The summed E-state index contributed by atoms with van der Waals surface area (Å²) in [5.41, 5.74) is 2.36. The van der Waals surface area contributed by atoms with Crippen LogP contribution >= 0.6 is 15.9 Å². The van der Waals surface area contributed by atoms with Gasteiger partial charge in [0.1, 0.15) is 18.1 Å². The number of ketones is 1. The zero-order chi connectivity index (χ0) is 26.5. The normalized spacial score (nSPS) is 19.6. The predicted octanol–water partition coefficient (Wildman–Crippen LogP) is 4.78. The molecule has 8 heteroatoms. The molecule has 2 fully saturated rings. The van der Waals surface area contributed by atoms with Crippen LogP contribution in [0.25, 0.3) is 5.76 Å². The van der Waals surface area contributed by atoms with Crippen molar-refractivity contribution >= 4 is 33.4 Å². The third-order valence-corrected chi connectivity index (χ3v) is 7.39. The minimum atomic E-state index is -0.706. The highest BCUT2D eigenvalue weighted by atomic mass is 79.9. The zero-order valence-electron chi connectivity index (χ0n) is 20.9. The second-order valence-corrected chi connectivity index (χ2v) is 10.2. The van der Waals surface area contributed by atoms with Crippen molar-refractivity contribution in [3.05, 3.63) is 106 Å². The van der Waals surface area contributed by atoms with E-state index in [9.17, 15) is 14.7 Å². The van der Waals surface area contributed by atoms with E-state index in [2.05, 4.69) is 20.8 Å². The van der Waals surface area contributed by atoms with E-state index >= 15 is 0 Å². The number of halogens is 1. The molecule has 0 aromatic heterocycles. The van der Waals surface area contributed by atoms with Crippen molar-refractivity contribution in [2.75, 3.05) is 39.4 Å². The Bertz CT molecular complexity index is 1300. The summed E-state index contributed by atoms with van der Waals surface area (Å²) in [5, 5.41) is 11.2. The number of morpholine rings is 1. The van der Waals surface area contributed by atoms with Gasteiger partial charge in [0, 0.05) is 36.2 Å². The lowest BCUT2D eigenvalue weighted by molar-refractivity contribution is -0.140. The molecule has 2 aliphatic rings. The van der Waals surface area contributed by atoms with Crippen molar-refractivity contribution in [1.29, 1.82) is 0 Å². The molecule has 2 heterocycles. The van der Waals surface area contributed by atoms with Gasteiger partial charge in [-0.15, -0.1) is 0 Å². The molecule has 2 aliphatic heterocycles. The maximum Gasteiger partial charge on any atom is 0.295 e. The van der Waals surface area contributed by atoms with Gasteiger partial charge in [0.2, 0.25) is 0 Å². The lowest BCUT2D eigenvalue weighted by Gasteiger charge is -2.31. The van der Waals surface area contributed by atoms with E-state index in [0.717, 1.165) is 28.7 Å². The molecule has 0 saturated carbocycles. The number of benzene rings is 3. The third-order valence-electron chi connectivity index (χ3n) is 6.86. The quantitative estimate of drug-likeness (QED) is 0.236. The van der Waals surface area contributed by atoms with Crippen molar-refractivity contribution in [2.45, 2.75) is 12.6 Å². The Balaban J connectivity index is 1.44. The Morgan fingerprint density at radius 3 is 2.29 bits per heavy atom. The molecule has 3 aromatic rings. The summed E-state index contributed by atoms with van der Waals surface area (Å²) in [6, 6.07) is 23.6. The van der Waals surface area contributed by atoms with E-state index in [1.54, 1.807) is 29.2 Å². The first-order chi connectivity index (χ1) is 18.5. The van der Waals surface area contributed by atoms with E-state index in [1.807, 2.05) is 54.6 Å². The Morgan fingerprint density at radius 2 is 1.61 bits per heavy atom. The first-order valence-electron chi connectivity index (χ1n) is 12.6. The van der Waals surface area contributed by atoms with Crippen LogP contribution in [-0.2, 0) is 20.9 Å². The van der Waals surface area contributed by atoms with Gasteiger partial charge in [-0.3, -0.25) is 14.5 Å². The second kappa shape index (κ2) is 11.9. The van der Waals surface area contributed by atoms with Gasteiger partial charge in [0.25, 0.3) is 11.7 Å². The highest BCUT2D eigenvalue weighted by molar-refractivity contribution is 9.10. The molecule has 196 valence electrons. The lowest BCUT2D eigenvalue weighted by Crippen LogP contribution is -2.42. The Morgan fingerprint density at radius 1 is 0.921 bits per heavy atom. The topological polar surface area (TPSA) is 79.3 Å². The number of aliphatic hydroxyl groups is 1. The number of hydrogen-bond acceptors (Lipinski definition) is 6. The molecule has 3 aromatic carbocycles. The molecular formula is C30H29BrN2O5. The van der Waals surface area contributed by atoms with Gasteiger partial charge < -0.3 is 19.5 Å². The van der Waals surface area contributed by atoms with Crippen molar-refractivity contribution in [3.8, 4) is 5.75 Å². The minimum Gasteiger partial charge on any atom is -0.507 e. The smallest absolute Gasteiger partial charge is 0.295 e. The molecule has 2 saturated heterocycles. The molecule has 0 aliphatic carbocycles. The summed E-state index contributed by atoms with van der Waals surface area (Å²) >= 11 is 3.40. The fourth-order valence-corrected chi connectivity index (χ4v) is 5.05. The minimum absolute atomic E-state index is 0.0947. The van der Waals surface area contributed by atoms with E-state index < -0.39 is 17.7 Å². The van der Waals surface area contributed by atoms with Crippen LogP contribution in [0.5, 0.6) is 5.75 Å². The van der Waals surface area contributed by atoms with Gasteiger partial charge >= 0.3 is 0 Å². The number of amides is 1. The number of Topliss-reactive ketones (excluding diaryl/α,β-unsaturated/α-hetero) is 1. The lowest BCUT2D eigenvalue weighted by atomic mass is 9.95. The van der Waals surface area contributed by atoms with Crippen LogP contribution in [0.1, 0.15) is 22.7 Å². The molecule has 1 unspecified atom stereocenters. The SMILES string of the molecule is O=C1C(=O)N(CCN2CCOCC2)C(c2ccc(OCc3ccccc3)cc2)C1=C(O)c1ccc(Br)cc1. The second-order valence-electron chi connectivity index (χ2n) is 9.30. The van der Waals surface area contributed by atoms with Gasteiger partial charge in [-0.05, 0) is 35.4 Å². The van der Waals surface area contributed by atoms with E-state index in [1.165, 1.54) is 0 Å². The number of carbonyl (C=O) groups is 2. The Hall–Kier alpha value is -3.46. The monoisotopic (exact) mass is 576 g/mol. The van der Waals surface area contributed by atoms with Crippen LogP contribution < -0.4 is 4.74 Å². The number of likely N-dealkylation sites (tertiary alicyclic amines) is 1. The third kappa shape index (κ3) is 5.83. The summed E-state index contributed by atoms with van der Waals surface area (Å²) < 4.78 is 12.2.